The molecule has 0 aliphatic rings. The van der Waals surface area contributed by atoms with Gasteiger partial charge in [0.2, 0.25) is 0 Å². The van der Waals surface area contributed by atoms with Crippen LogP contribution in [0.4, 0.5) is 0 Å². The number of carbonyl (C=O) groups is 1. The normalized spacial score (nSPS) is 10.2. The fraction of sp³-hybridized carbons (Fsp3) is 0.133. The molecule has 2 aromatic rings. The van der Waals surface area contributed by atoms with Crippen molar-refractivity contribution in [3.8, 4) is 5.75 Å². The molecule has 0 atom stereocenters. The molecule has 0 heterocycles. The van der Waals surface area contributed by atoms with Crippen molar-refractivity contribution in [3.05, 3.63) is 63.6 Å². The topological polar surface area (TPSA) is 26.3 Å². The van der Waals surface area contributed by atoms with E-state index in [0.717, 1.165) is 10.0 Å². The summed E-state index contributed by atoms with van der Waals surface area (Å²) in [6, 6.07) is 12.9. The first-order valence-electron chi connectivity index (χ1n) is 5.58. The second-order valence-electron chi connectivity index (χ2n) is 3.94. The zero-order chi connectivity index (χ0) is 13.1. The van der Waals surface area contributed by atoms with E-state index >= 15 is 0 Å². The molecule has 0 aromatic heterocycles. The molecule has 0 N–H and O–H groups in total. The summed E-state index contributed by atoms with van der Waals surface area (Å²) < 4.78 is 6.16. The van der Waals surface area contributed by atoms with Crippen molar-refractivity contribution in [2.24, 2.45) is 0 Å². The van der Waals surface area contributed by atoms with E-state index in [4.69, 9.17) is 4.74 Å². The van der Waals surface area contributed by atoms with Crippen LogP contribution in [-0.4, -0.2) is 12.9 Å². The molecule has 2 nitrogen and oxygen atoms in total. The predicted molar refractivity (Wildman–Crippen MR) is 75.3 cm³/mol. The molecule has 0 radical (unpaired) electrons. The Kier molecular flexibility index (Phi) is 3.82. The van der Waals surface area contributed by atoms with Crippen molar-refractivity contribution in [2.75, 3.05) is 7.11 Å². The molecular formula is C15H13BrO2. The summed E-state index contributed by atoms with van der Waals surface area (Å²) in [7, 11) is 1.57. The molecule has 2 aromatic carbocycles. The molecule has 0 unspecified atom stereocenters. The van der Waals surface area contributed by atoms with Gasteiger partial charge in [-0.15, -0.1) is 0 Å². The van der Waals surface area contributed by atoms with Gasteiger partial charge < -0.3 is 4.74 Å². The predicted octanol–water partition coefficient (Wildman–Crippen LogP) is 4.00. The first kappa shape index (κ1) is 12.8. The van der Waals surface area contributed by atoms with Crippen LogP contribution >= 0.6 is 15.9 Å². The highest BCUT2D eigenvalue weighted by molar-refractivity contribution is 9.10. The molecule has 0 amide bonds. The molecule has 2 rings (SSSR count). The summed E-state index contributed by atoms with van der Waals surface area (Å²) in [5, 5.41) is 0. The number of benzene rings is 2. The van der Waals surface area contributed by atoms with Gasteiger partial charge in [-0.05, 0) is 30.7 Å². The summed E-state index contributed by atoms with van der Waals surface area (Å²) in [5.41, 5.74) is 2.21. The highest BCUT2D eigenvalue weighted by Gasteiger charge is 2.16. The van der Waals surface area contributed by atoms with E-state index in [-0.39, 0.29) is 5.78 Å². The molecule has 92 valence electrons. The van der Waals surface area contributed by atoms with Crippen LogP contribution in [0.25, 0.3) is 0 Å². The number of para-hydroxylation sites is 1. The van der Waals surface area contributed by atoms with Crippen LogP contribution in [0.5, 0.6) is 5.75 Å². The molecule has 0 aliphatic carbocycles. The highest BCUT2D eigenvalue weighted by atomic mass is 79.9. The summed E-state index contributed by atoms with van der Waals surface area (Å²) in [4.78, 5) is 12.5. The van der Waals surface area contributed by atoms with Gasteiger partial charge in [-0.25, -0.2) is 0 Å². The van der Waals surface area contributed by atoms with Gasteiger partial charge in [-0.1, -0.05) is 40.2 Å². The van der Waals surface area contributed by atoms with Gasteiger partial charge in [0, 0.05) is 10.0 Å². The first-order chi connectivity index (χ1) is 8.65. The van der Waals surface area contributed by atoms with Gasteiger partial charge in [0.1, 0.15) is 5.75 Å². The van der Waals surface area contributed by atoms with Crippen molar-refractivity contribution in [1.82, 2.24) is 0 Å². The summed E-state index contributed by atoms with van der Waals surface area (Å²) >= 11 is 3.44. The van der Waals surface area contributed by atoms with Crippen LogP contribution in [0.15, 0.2) is 46.9 Å². The molecule has 0 saturated carbocycles. The lowest BCUT2D eigenvalue weighted by Gasteiger charge is -2.10. The van der Waals surface area contributed by atoms with Crippen molar-refractivity contribution in [3.63, 3.8) is 0 Å². The molecule has 0 bridgehead atoms. The maximum absolute atomic E-state index is 12.5. The zero-order valence-corrected chi connectivity index (χ0v) is 11.8. The van der Waals surface area contributed by atoms with Crippen LogP contribution in [0, 0.1) is 6.92 Å². The Balaban J connectivity index is 2.52. The Hall–Kier alpha value is -1.61. The van der Waals surface area contributed by atoms with Crippen molar-refractivity contribution in [1.29, 1.82) is 0 Å². The van der Waals surface area contributed by atoms with Crippen molar-refractivity contribution in [2.45, 2.75) is 6.92 Å². The number of hydrogen-bond donors (Lipinski definition) is 0. The van der Waals surface area contributed by atoms with Crippen LogP contribution in [-0.2, 0) is 0 Å². The number of rotatable bonds is 3. The van der Waals surface area contributed by atoms with Gasteiger partial charge >= 0.3 is 0 Å². The van der Waals surface area contributed by atoms with Gasteiger partial charge in [0.05, 0.1) is 12.7 Å². The second-order valence-corrected chi connectivity index (χ2v) is 4.80. The van der Waals surface area contributed by atoms with E-state index in [1.54, 1.807) is 19.2 Å². The van der Waals surface area contributed by atoms with Crippen LogP contribution in [0.1, 0.15) is 21.5 Å². The lowest BCUT2D eigenvalue weighted by atomic mass is 9.98. The standard InChI is InChI=1S/C15H13BrO2/c1-10-11(7-5-8-13(10)16)15(17)12-6-3-4-9-14(12)18-2/h3-9H,1-2H3. The number of hydrogen-bond acceptors (Lipinski definition) is 2. The van der Waals surface area contributed by atoms with E-state index in [1.807, 2.05) is 37.3 Å². The Morgan fingerprint density at radius 2 is 1.72 bits per heavy atom. The molecular weight excluding hydrogens is 292 g/mol. The van der Waals surface area contributed by atoms with Gasteiger partial charge in [-0.3, -0.25) is 4.79 Å². The van der Waals surface area contributed by atoms with E-state index in [0.29, 0.717) is 16.9 Å². The Labute approximate surface area is 115 Å². The van der Waals surface area contributed by atoms with E-state index in [9.17, 15) is 4.79 Å². The SMILES string of the molecule is COc1ccccc1C(=O)c1cccc(Br)c1C. The maximum atomic E-state index is 12.5. The van der Waals surface area contributed by atoms with Crippen LogP contribution in [0.2, 0.25) is 0 Å². The van der Waals surface area contributed by atoms with E-state index in [2.05, 4.69) is 15.9 Å². The summed E-state index contributed by atoms with van der Waals surface area (Å²) in [6.45, 7) is 1.92. The Morgan fingerprint density at radius 3 is 2.44 bits per heavy atom. The lowest BCUT2D eigenvalue weighted by Crippen LogP contribution is -2.06. The minimum atomic E-state index is -0.0220. The highest BCUT2D eigenvalue weighted by Crippen LogP contribution is 2.25. The van der Waals surface area contributed by atoms with E-state index < -0.39 is 0 Å². The van der Waals surface area contributed by atoms with Gasteiger partial charge in [-0.2, -0.15) is 0 Å². The van der Waals surface area contributed by atoms with Crippen molar-refractivity contribution >= 4 is 21.7 Å². The smallest absolute Gasteiger partial charge is 0.197 e. The molecule has 0 aliphatic heterocycles. The second kappa shape index (κ2) is 5.36. The first-order valence-corrected chi connectivity index (χ1v) is 6.37. The third kappa shape index (κ3) is 2.31. The average molecular weight is 305 g/mol. The molecule has 3 heteroatoms. The van der Waals surface area contributed by atoms with Crippen molar-refractivity contribution < 1.29 is 9.53 Å². The minimum Gasteiger partial charge on any atom is -0.496 e. The maximum Gasteiger partial charge on any atom is 0.197 e. The molecule has 18 heavy (non-hydrogen) atoms. The number of halogens is 1. The van der Waals surface area contributed by atoms with Gasteiger partial charge in [0.25, 0.3) is 0 Å². The quantitative estimate of drug-likeness (QED) is 0.801. The number of methoxy groups -OCH3 is 1. The number of carbonyl (C=O) groups excluding carboxylic acids is 1. The van der Waals surface area contributed by atoms with Crippen LogP contribution < -0.4 is 4.74 Å². The summed E-state index contributed by atoms with van der Waals surface area (Å²) in [6.07, 6.45) is 0. The number of ketones is 1. The third-order valence-corrected chi connectivity index (χ3v) is 3.72. The zero-order valence-electron chi connectivity index (χ0n) is 10.2. The third-order valence-electron chi connectivity index (χ3n) is 2.86. The Morgan fingerprint density at radius 1 is 1.06 bits per heavy atom. The fourth-order valence-corrected chi connectivity index (χ4v) is 2.20. The lowest BCUT2D eigenvalue weighted by molar-refractivity contribution is 0.103. The molecule has 0 fully saturated rings. The van der Waals surface area contributed by atoms with E-state index in [1.165, 1.54) is 0 Å². The monoisotopic (exact) mass is 304 g/mol. The number of ether oxygens (including phenoxy) is 1. The Bertz CT molecular complexity index is 591. The molecule has 0 saturated heterocycles. The minimum absolute atomic E-state index is 0.0220. The average Bonchev–Trinajstić information content (AvgIpc) is 2.41. The largest absolute Gasteiger partial charge is 0.496 e. The fourth-order valence-electron chi connectivity index (χ4n) is 1.83. The van der Waals surface area contributed by atoms with Crippen LogP contribution in [0.3, 0.4) is 0 Å². The van der Waals surface area contributed by atoms with Gasteiger partial charge in [0.15, 0.2) is 5.78 Å². The summed E-state index contributed by atoms with van der Waals surface area (Å²) in [5.74, 6) is 0.577. The molecule has 0 spiro atoms.